The highest BCUT2D eigenvalue weighted by atomic mass is 35.5. The van der Waals surface area contributed by atoms with Crippen LogP contribution in [0.2, 0.25) is 5.02 Å². The van der Waals surface area contributed by atoms with Crippen LogP contribution in [0.25, 0.3) is 0 Å². The van der Waals surface area contributed by atoms with Crippen molar-refractivity contribution in [2.75, 3.05) is 18.4 Å². The van der Waals surface area contributed by atoms with Crippen LogP contribution in [0.15, 0.2) is 47.5 Å². The summed E-state index contributed by atoms with van der Waals surface area (Å²) in [5, 5.41) is 3.94. The Hall–Kier alpha value is -1.63. The standard InChI is InChI=1S/C17H20ClN3O2S/c1-13(14-5-4-6-15(18)11-14)20-17-8-7-16(12-19-17)24(22,23)21-9-2-3-10-21/h4-8,11-13H,2-3,9-10H2,1H3,(H,19,20). The lowest BCUT2D eigenvalue weighted by Crippen LogP contribution is -2.27. The molecule has 7 heteroatoms. The molecule has 1 N–H and O–H groups in total. The SMILES string of the molecule is CC(Nc1ccc(S(=O)(=O)N2CCCC2)cn1)c1cccc(Cl)c1. The zero-order valence-electron chi connectivity index (χ0n) is 13.4. The van der Waals surface area contributed by atoms with Crippen LogP contribution in [-0.4, -0.2) is 30.8 Å². The number of aromatic nitrogens is 1. The lowest BCUT2D eigenvalue weighted by Gasteiger charge is -2.17. The molecule has 0 aliphatic carbocycles. The maximum Gasteiger partial charge on any atom is 0.244 e. The Labute approximate surface area is 147 Å². The molecule has 1 fully saturated rings. The number of sulfonamides is 1. The van der Waals surface area contributed by atoms with Gasteiger partial charge >= 0.3 is 0 Å². The number of hydrogen-bond acceptors (Lipinski definition) is 4. The molecule has 128 valence electrons. The minimum Gasteiger partial charge on any atom is -0.364 e. The molecule has 0 saturated carbocycles. The van der Waals surface area contributed by atoms with E-state index in [9.17, 15) is 8.42 Å². The van der Waals surface area contributed by atoms with Gasteiger partial charge in [-0.05, 0) is 49.6 Å². The largest absolute Gasteiger partial charge is 0.364 e. The highest BCUT2D eigenvalue weighted by Gasteiger charge is 2.27. The van der Waals surface area contributed by atoms with E-state index in [4.69, 9.17) is 11.6 Å². The van der Waals surface area contributed by atoms with E-state index in [0.717, 1.165) is 18.4 Å². The van der Waals surface area contributed by atoms with Crippen molar-refractivity contribution < 1.29 is 8.42 Å². The minimum atomic E-state index is -3.42. The highest BCUT2D eigenvalue weighted by Crippen LogP contribution is 2.23. The Bertz CT molecular complexity index is 803. The van der Waals surface area contributed by atoms with Gasteiger partial charge in [-0.3, -0.25) is 0 Å². The van der Waals surface area contributed by atoms with Gasteiger partial charge in [-0.25, -0.2) is 13.4 Å². The van der Waals surface area contributed by atoms with Crippen molar-refractivity contribution in [3.8, 4) is 0 Å². The second-order valence-corrected chi connectivity index (χ2v) is 8.29. The fourth-order valence-electron chi connectivity index (χ4n) is 2.78. The molecule has 1 unspecified atom stereocenters. The molecule has 1 aromatic carbocycles. The van der Waals surface area contributed by atoms with Gasteiger partial charge in [-0.15, -0.1) is 0 Å². The highest BCUT2D eigenvalue weighted by molar-refractivity contribution is 7.89. The summed E-state index contributed by atoms with van der Waals surface area (Å²) in [7, 11) is -3.42. The average Bonchev–Trinajstić information content (AvgIpc) is 3.10. The van der Waals surface area contributed by atoms with Crippen LogP contribution in [0, 0.1) is 0 Å². The molecule has 2 aromatic rings. The number of nitrogens with zero attached hydrogens (tertiary/aromatic N) is 2. The Balaban J connectivity index is 1.72. The molecule has 0 bridgehead atoms. The van der Waals surface area contributed by atoms with E-state index >= 15 is 0 Å². The number of rotatable bonds is 5. The Morgan fingerprint density at radius 1 is 1.21 bits per heavy atom. The van der Waals surface area contributed by atoms with Crippen molar-refractivity contribution in [3.63, 3.8) is 0 Å². The van der Waals surface area contributed by atoms with Gasteiger partial charge in [0.05, 0.1) is 0 Å². The van der Waals surface area contributed by atoms with Gasteiger partial charge in [0.15, 0.2) is 0 Å². The van der Waals surface area contributed by atoms with Gasteiger partial charge < -0.3 is 5.32 Å². The van der Waals surface area contributed by atoms with Gasteiger partial charge in [0.1, 0.15) is 10.7 Å². The van der Waals surface area contributed by atoms with E-state index < -0.39 is 10.0 Å². The third-order valence-electron chi connectivity index (χ3n) is 4.15. The average molecular weight is 366 g/mol. The number of nitrogens with one attached hydrogen (secondary N) is 1. The minimum absolute atomic E-state index is 0.0113. The van der Waals surface area contributed by atoms with Crippen LogP contribution in [0.1, 0.15) is 31.4 Å². The maximum absolute atomic E-state index is 12.5. The van der Waals surface area contributed by atoms with Gasteiger partial charge in [0.25, 0.3) is 0 Å². The lowest BCUT2D eigenvalue weighted by molar-refractivity contribution is 0.477. The normalized spacial score (nSPS) is 16.9. The summed E-state index contributed by atoms with van der Waals surface area (Å²) < 4.78 is 26.5. The Morgan fingerprint density at radius 2 is 1.96 bits per heavy atom. The molecule has 0 spiro atoms. The van der Waals surface area contributed by atoms with Crippen LogP contribution in [0.4, 0.5) is 5.82 Å². The molecule has 1 atom stereocenters. The number of benzene rings is 1. The van der Waals surface area contributed by atoms with Crippen molar-refractivity contribution in [2.24, 2.45) is 0 Å². The van der Waals surface area contributed by atoms with Crippen LogP contribution in [0.3, 0.4) is 0 Å². The third kappa shape index (κ3) is 3.71. The first-order chi connectivity index (χ1) is 11.5. The summed E-state index contributed by atoms with van der Waals surface area (Å²) in [5.41, 5.74) is 1.04. The van der Waals surface area contributed by atoms with Crippen molar-refractivity contribution in [1.29, 1.82) is 0 Å². The van der Waals surface area contributed by atoms with Crippen LogP contribution < -0.4 is 5.32 Å². The molecular weight excluding hydrogens is 346 g/mol. The quantitative estimate of drug-likeness (QED) is 0.877. The monoisotopic (exact) mass is 365 g/mol. The molecule has 2 heterocycles. The molecule has 0 radical (unpaired) electrons. The second-order valence-electron chi connectivity index (χ2n) is 5.91. The van der Waals surface area contributed by atoms with Crippen molar-refractivity contribution in [1.82, 2.24) is 9.29 Å². The predicted molar refractivity (Wildman–Crippen MR) is 95.7 cm³/mol. The number of hydrogen-bond donors (Lipinski definition) is 1. The van der Waals surface area contributed by atoms with E-state index in [1.54, 1.807) is 12.1 Å². The summed E-state index contributed by atoms with van der Waals surface area (Å²) in [6.45, 7) is 3.19. The number of pyridine rings is 1. The Morgan fingerprint density at radius 3 is 2.58 bits per heavy atom. The topological polar surface area (TPSA) is 62.3 Å². The van der Waals surface area contributed by atoms with Crippen LogP contribution in [0.5, 0.6) is 0 Å². The van der Waals surface area contributed by atoms with Crippen molar-refractivity contribution >= 4 is 27.4 Å². The van der Waals surface area contributed by atoms with Crippen molar-refractivity contribution in [3.05, 3.63) is 53.2 Å². The van der Waals surface area contributed by atoms with Crippen LogP contribution >= 0.6 is 11.6 Å². The molecule has 5 nitrogen and oxygen atoms in total. The van der Waals surface area contributed by atoms with Crippen molar-refractivity contribution in [2.45, 2.75) is 30.7 Å². The fourth-order valence-corrected chi connectivity index (χ4v) is 4.44. The Kier molecular flexibility index (Phi) is 5.08. The second kappa shape index (κ2) is 7.09. The van der Waals surface area contributed by atoms with Crippen LogP contribution in [-0.2, 0) is 10.0 Å². The maximum atomic E-state index is 12.5. The summed E-state index contributed by atoms with van der Waals surface area (Å²) in [5.74, 6) is 0.628. The zero-order valence-corrected chi connectivity index (χ0v) is 15.0. The number of halogens is 1. The predicted octanol–water partition coefficient (Wildman–Crippen LogP) is 3.69. The van der Waals surface area contributed by atoms with Gasteiger partial charge in [-0.1, -0.05) is 23.7 Å². The van der Waals surface area contributed by atoms with Gasteiger partial charge in [0.2, 0.25) is 10.0 Å². The van der Waals surface area contributed by atoms with Gasteiger partial charge in [-0.2, -0.15) is 4.31 Å². The van der Waals surface area contributed by atoms with E-state index in [2.05, 4.69) is 10.3 Å². The molecule has 0 amide bonds. The van der Waals surface area contributed by atoms with E-state index in [1.165, 1.54) is 10.5 Å². The van der Waals surface area contributed by atoms with Gasteiger partial charge in [0, 0.05) is 30.4 Å². The van der Waals surface area contributed by atoms with E-state index in [-0.39, 0.29) is 10.9 Å². The summed E-state index contributed by atoms with van der Waals surface area (Å²) in [4.78, 5) is 4.50. The molecule has 1 aliphatic rings. The first-order valence-corrected chi connectivity index (χ1v) is 9.77. The first-order valence-electron chi connectivity index (χ1n) is 7.95. The summed E-state index contributed by atoms with van der Waals surface area (Å²) >= 11 is 6.01. The van der Waals surface area contributed by atoms with E-state index in [0.29, 0.717) is 23.9 Å². The lowest BCUT2D eigenvalue weighted by atomic mass is 10.1. The molecule has 1 aliphatic heterocycles. The molecule has 1 aromatic heterocycles. The molecule has 24 heavy (non-hydrogen) atoms. The first kappa shape index (κ1) is 17.2. The fraction of sp³-hybridized carbons (Fsp3) is 0.353. The van der Waals surface area contributed by atoms with E-state index in [1.807, 2.05) is 31.2 Å². The summed E-state index contributed by atoms with van der Waals surface area (Å²) in [6, 6.07) is 10.9. The molecule has 1 saturated heterocycles. The smallest absolute Gasteiger partial charge is 0.244 e. The molecular formula is C17H20ClN3O2S. The third-order valence-corrected chi connectivity index (χ3v) is 6.27. The number of anilines is 1. The summed E-state index contributed by atoms with van der Waals surface area (Å²) in [6.07, 6.45) is 3.26. The molecule has 3 rings (SSSR count). The zero-order chi connectivity index (χ0) is 17.2.